The number of thiazole rings is 1. The van der Waals surface area contributed by atoms with Gasteiger partial charge in [0.1, 0.15) is 5.75 Å². The van der Waals surface area contributed by atoms with Crippen molar-refractivity contribution in [1.29, 1.82) is 0 Å². The smallest absolute Gasteiger partial charge is 0.127 e. The minimum Gasteiger partial charge on any atom is -0.493 e. The van der Waals surface area contributed by atoms with Crippen LogP contribution in [0.1, 0.15) is 47.9 Å². The molecule has 4 aromatic rings. The van der Waals surface area contributed by atoms with Crippen LogP contribution in [0.5, 0.6) is 5.75 Å². The first-order valence-electron chi connectivity index (χ1n) is 13.5. The highest BCUT2D eigenvalue weighted by Gasteiger charge is 2.43. The molecule has 0 bridgehead atoms. The molecule has 1 aliphatic heterocycles. The zero-order valence-electron chi connectivity index (χ0n) is 21.7. The summed E-state index contributed by atoms with van der Waals surface area (Å²) in [5, 5.41) is 1.32. The van der Waals surface area contributed by atoms with Gasteiger partial charge in [-0.15, -0.1) is 11.3 Å². The lowest BCUT2D eigenvalue weighted by atomic mass is 9.90. The SMILES string of the molecule is CCOc1ccc(CN2CCC3C(Cc4nc5ccccc5s4)CCC32)c(C)c1-c1ccc(C)cc1. The predicted molar refractivity (Wildman–Crippen MR) is 151 cm³/mol. The van der Waals surface area contributed by atoms with Crippen molar-refractivity contribution < 1.29 is 4.74 Å². The van der Waals surface area contributed by atoms with E-state index in [4.69, 9.17) is 9.72 Å². The van der Waals surface area contributed by atoms with Crippen molar-refractivity contribution >= 4 is 21.6 Å². The molecule has 1 aliphatic carbocycles. The zero-order chi connectivity index (χ0) is 24.6. The van der Waals surface area contributed by atoms with E-state index in [0.29, 0.717) is 12.6 Å². The van der Waals surface area contributed by atoms with Gasteiger partial charge in [-0.05, 0) is 93.3 Å². The molecular weight excluding hydrogens is 460 g/mol. The molecule has 2 heterocycles. The van der Waals surface area contributed by atoms with Crippen molar-refractivity contribution in [1.82, 2.24) is 9.88 Å². The Morgan fingerprint density at radius 3 is 2.61 bits per heavy atom. The second-order valence-corrected chi connectivity index (χ2v) is 11.7. The van der Waals surface area contributed by atoms with Gasteiger partial charge in [-0.2, -0.15) is 0 Å². The van der Waals surface area contributed by atoms with E-state index in [1.807, 2.05) is 11.3 Å². The Bertz CT molecular complexity index is 1330. The molecule has 3 atom stereocenters. The Morgan fingerprint density at radius 2 is 1.81 bits per heavy atom. The first-order chi connectivity index (χ1) is 17.6. The van der Waals surface area contributed by atoms with Gasteiger partial charge in [0.2, 0.25) is 0 Å². The van der Waals surface area contributed by atoms with Crippen LogP contribution < -0.4 is 4.74 Å². The van der Waals surface area contributed by atoms with Crippen LogP contribution in [0, 0.1) is 25.7 Å². The molecule has 2 aliphatic rings. The molecule has 1 saturated heterocycles. The van der Waals surface area contributed by atoms with Gasteiger partial charge in [-0.1, -0.05) is 48.0 Å². The minimum absolute atomic E-state index is 0.684. The Labute approximate surface area is 219 Å². The van der Waals surface area contributed by atoms with Gasteiger partial charge in [0.25, 0.3) is 0 Å². The van der Waals surface area contributed by atoms with Crippen molar-refractivity contribution in [3.8, 4) is 16.9 Å². The molecular formula is C32H36N2OS. The minimum atomic E-state index is 0.684. The van der Waals surface area contributed by atoms with Crippen LogP contribution in [-0.2, 0) is 13.0 Å². The van der Waals surface area contributed by atoms with E-state index in [0.717, 1.165) is 36.1 Å². The number of benzene rings is 3. The number of para-hydroxylation sites is 1. The number of ether oxygens (including phenoxy) is 1. The Balaban J connectivity index is 1.20. The second kappa shape index (κ2) is 9.99. The summed E-state index contributed by atoms with van der Waals surface area (Å²) < 4.78 is 7.40. The van der Waals surface area contributed by atoms with Gasteiger partial charge >= 0.3 is 0 Å². The van der Waals surface area contributed by atoms with Crippen LogP contribution in [0.2, 0.25) is 0 Å². The van der Waals surface area contributed by atoms with Gasteiger partial charge in [-0.25, -0.2) is 4.98 Å². The van der Waals surface area contributed by atoms with Crippen LogP contribution in [0.15, 0.2) is 60.7 Å². The predicted octanol–water partition coefficient (Wildman–Crippen LogP) is 7.82. The summed E-state index contributed by atoms with van der Waals surface area (Å²) in [6.07, 6.45) is 5.12. The molecule has 3 aromatic carbocycles. The summed E-state index contributed by atoms with van der Waals surface area (Å²) in [7, 11) is 0. The van der Waals surface area contributed by atoms with E-state index < -0.39 is 0 Å². The normalized spacial score (nSPS) is 21.8. The Morgan fingerprint density at radius 1 is 0.972 bits per heavy atom. The maximum Gasteiger partial charge on any atom is 0.127 e. The number of rotatable bonds is 7. The van der Waals surface area contributed by atoms with Gasteiger partial charge in [-0.3, -0.25) is 4.90 Å². The third-order valence-corrected chi connectivity index (χ3v) is 9.54. The van der Waals surface area contributed by atoms with Crippen molar-refractivity contribution in [2.75, 3.05) is 13.2 Å². The third-order valence-electron chi connectivity index (χ3n) is 8.48. The summed E-state index contributed by atoms with van der Waals surface area (Å²) >= 11 is 1.89. The average molecular weight is 497 g/mol. The lowest BCUT2D eigenvalue weighted by Crippen LogP contribution is -2.30. The molecule has 6 rings (SSSR count). The summed E-state index contributed by atoms with van der Waals surface area (Å²) in [6.45, 7) is 9.42. The number of aromatic nitrogens is 1. The van der Waals surface area contributed by atoms with E-state index in [1.54, 1.807) is 0 Å². The van der Waals surface area contributed by atoms with E-state index >= 15 is 0 Å². The van der Waals surface area contributed by atoms with Gasteiger partial charge in [0.15, 0.2) is 0 Å². The molecule has 4 heteroatoms. The number of aryl methyl sites for hydroxylation is 1. The van der Waals surface area contributed by atoms with Crippen molar-refractivity contribution in [3.05, 3.63) is 82.4 Å². The molecule has 0 radical (unpaired) electrons. The van der Waals surface area contributed by atoms with Crippen molar-refractivity contribution in [3.63, 3.8) is 0 Å². The fourth-order valence-corrected chi connectivity index (χ4v) is 7.71. The Kier molecular flexibility index (Phi) is 6.57. The maximum atomic E-state index is 6.07. The third kappa shape index (κ3) is 4.46. The van der Waals surface area contributed by atoms with Crippen LogP contribution in [0.3, 0.4) is 0 Å². The lowest BCUT2D eigenvalue weighted by Gasteiger charge is -2.26. The van der Waals surface area contributed by atoms with Crippen molar-refractivity contribution in [2.45, 2.75) is 59.0 Å². The average Bonchev–Trinajstić information content (AvgIpc) is 3.58. The number of hydrogen-bond donors (Lipinski definition) is 0. The maximum absolute atomic E-state index is 6.07. The summed E-state index contributed by atoms with van der Waals surface area (Å²) in [5.41, 5.74) is 7.75. The van der Waals surface area contributed by atoms with Crippen LogP contribution in [-0.4, -0.2) is 29.1 Å². The van der Waals surface area contributed by atoms with E-state index in [1.165, 1.54) is 63.3 Å². The molecule has 1 saturated carbocycles. The van der Waals surface area contributed by atoms with Crippen LogP contribution in [0.4, 0.5) is 0 Å². The first kappa shape index (κ1) is 23.7. The molecule has 1 aromatic heterocycles. The van der Waals surface area contributed by atoms with Crippen LogP contribution >= 0.6 is 11.3 Å². The Hall–Kier alpha value is -2.69. The van der Waals surface area contributed by atoms with Crippen LogP contribution in [0.25, 0.3) is 21.3 Å². The van der Waals surface area contributed by atoms with E-state index in [-0.39, 0.29) is 0 Å². The molecule has 3 unspecified atom stereocenters. The van der Waals surface area contributed by atoms with E-state index in [9.17, 15) is 0 Å². The fourth-order valence-electron chi connectivity index (χ4n) is 6.65. The van der Waals surface area contributed by atoms with Crippen molar-refractivity contribution in [2.24, 2.45) is 11.8 Å². The molecule has 0 spiro atoms. The quantitative estimate of drug-likeness (QED) is 0.261. The molecule has 3 nitrogen and oxygen atoms in total. The van der Waals surface area contributed by atoms with Gasteiger partial charge < -0.3 is 4.74 Å². The highest BCUT2D eigenvalue weighted by molar-refractivity contribution is 7.18. The summed E-state index contributed by atoms with van der Waals surface area (Å²) in [6, 6.07) is 22.6. The number of nitrogens with zero attached hydrogens (tertiary/aromatic N) is 2. The zero-order valence-corrected chi connectivity index (χ0v) is 22.5. The lowest BCUT2D eigenvalue weighted by molar-refractivity contribution is 0.226. The van der Waals surface area contributed by atoms with Gasteiger partial charge in [0, 0.05) is 24.6 Å². The highest BCUT2D eigenvalue weighted by Crippen LogP contribution is 2.45. The molecule has 36 heavy (non-hydrogen) atoms. The number of likely N-dealkylation sites (tertiary alicyclic amines) is 1. The topological polar surface area (TPSA) is 25.4 Å². The molecule has 2 fully saturated rings. The second-order valence-electron chi connectivity index (χ2n) is 10.6. The number of fused-ring (bicyclic) bond motifs is 2. The monoisotopic (exact) mass is 496 g/mol. The standard InChI is InChI=1S/C32H36N2OS/c1-4-35-29-16-14-25(22(3)32(29)23-11-9-21(2)10-12-23)20-34-18-17-26-24(13-15-28(26)34)19-31-33-27-7-5-6-8-30(27)36-31/h5-12,14,16,24,26,28H,4,13,15,17-20H2,1-3H3. The number of hydrogen-bond acceptors (Lipinski definition) is 4. The first-order valence-corrected chi connectivity index (χ1v) is 14.3. The highest BCUT2D eigenvalue weighted by atomic mass is 32.1. The molecule has 0 N–H and O–H groups in total. The van der Waals surface area contributed by atoms with E-state index in [2.05, 4.69) is 86.3 Å². The molecule has 186 valence electrons. The summed E-state index contributed by atoms with van der Waals surface area (Å²) in [4.78, 5) is 7.72. The molecule has 0 amide bonds. The van der Waals surface area contributed by atoms with Gasteiger partial charge in [0.05, 0.1) is 21.8 Å². The summed E-state index contributed by atoms with van der Waals surface area (Å²) in [5.74, 6) is 2.57. The largest absolute Gasteiger partial charge is 0.493 e. The fraction of sp³-hybridized carbons (Fsp3) is 0.406.